The molecule has 3 aromatic rings. The second-order valence-corrected chi connectivity index (χ2v) is 14.1. The molecule has 4 rings (SSSR count). The number of anilines is 2. The highest BCUT2D eigenvalue weighted by atomic mass is 32.2. The van der Waals surface area contributed by atoms with E-state index in [1.165, 1.54) is 26.2 Å². The number of benzene rings is 1. The molecule has 43 heavy (non-hydrogen) atoms. The van der Waals surface area contributed by atoms with E-state index in [9.17, 15) is 18.0 Å². The number of piperidine rings is 1. The van der Waals surface area contributed by atoms with Gasteiger partial charge in [-0.25, -0.2) is 22.5 Å². The van der Waals surface area contributed by atoms with Crippen molar-refractivity contribution in [2.75, 3.05) is 39.1 Å². The summed E-state index contributed by atoms with van der Waals surface area (Å²) in [5.41, 5.74) is 0.0630. The van der Waals surface area contributed by atoms with Crippen molar-refractivity contribution in [1.29, 1.82) is 0 Å². The molecule has 1 aromatic carbocycles. The molecule has 2 aromatic heterocycles. The minimum Gasteiger partial charge on any atom is -0.477 e. The van der Waals surface area contributed by atoms with E-state index in [0.29, 0.717) is 55.3 Å². The minimum absolute atomic E-state index is 0.172. The molecule has 1 saturated heterocycles. The maximum atomic E-state index is 12.8. The van der Waals surface area contributed by atoms with E-state index in [-0.39, 0.29) is 17.4 Å². The zero-order valence-electron chi connectivity index (χ0n) is 25.8. The van der Waals surface area contributed by atoms with Crippen LogP contribution in [0.3, 0.4) is 0 Å². The number of nitrogens with one attached hydrogen (secondary N) is 1. The number of carbonyl (C=O) groups is 2. The summed E-state index contributed by atoms with van der Waals surface area (Å²) < 4.78 is 39.8. The summed E-state index contributed by atoms with van der Waals surface area (Å²) in [6, 6.07) is 8.27. The fourth-order valence-corrected chi connectivity index (χ4v) is 5.96. The molecule has 1 fully saturated rings. The Bertz CT molecular complexity index is 1540. The van der Waals surface area contributed by atoms with E-state index >= 15 is 0 Å². The second kappa shape index (κ2) is 12.9. The average Bonchev–Trinajstić information content (AvgIpc) is 3.32. The third kappa shape index (κ3) is 7.10. The van der Waals surface area contributed by atoms with Crippen LogP contribution < -0.4 is 10.1 Å². The van der Waals surface area contributed by atoms with Gasteiger partial charge in [-0.1, -0.05) is 13.3 Å². The molecule has 0 atom stereocenters. The summed E-state index contributed by atoms with van der Waals surface area (Å²) in [6.07, 6.45) is 5.18. The number of aromatic nitrogens is 3. The lowest BCUT2D eigenvalue weighted by atomic mass is 9.85. The van der Waals surface area contributed by atoms with Gasteiger partial charge >= 0.3 is 6.09 Å². The van der Waals surface area contributed by atoms with Crippen LogP contribution in [0.5, 0.6) is 5.88 Å². The summed E-state index contributed by atoms with van der Waals surface area (Å²) in [4.78, 5) is 31.2. The molecule has 1 amide bonds. The molecule has 13 heteroatoms. The molecule has 0 radical (unpaired) electrons. The fourth-order valence-electron chi connectivity index (χ4n) is 5.05. The number of hydrogen-bond donors (Lipinski definition) is 1. The standard InChI is InChI=1S/C30H42N6O6S/c1-7-8-21-41-27-25-24(13-17-31-27)36(30(16-20-37)14-18-35(19-15-30)28(38)42-29(2,3)4)33-26(25)32-22-9-11-23(12-10-22)43(39,40)34(5)6/h9-13,17,20H,7-8,14-16,18-19,21H2,1-6H3,(H,32,33). The molecule has 0 bridgehead atoms. The molecule has 0 unspecified atom stereocenters. The summed E-state index contributed by atoms with van der Waals surface area (Å²) in [5, 5.41) is 8.96. The average molecular weight is 615 g/mol. The lowest BCUT2D eigenvalue weighted by Gasteiger charge is -2.41. The van der Waals surface area contributed by atoms with E-state index in [2.05, 4.69) is 17.2 Å². The Morgan fingerprint density at radius 2 is 1.81 bits per heavy atom. The number of carbonyl (C=O) groups excluding carboxylic acids is 2. The van der Waals surface area contributed by atoms with Gasteiger partial charge in [-0.05, 0) is 70.4 Å². The molecule has 0 spiro atoms. The van der Waals surface area contributed by atoms with Crippen LogP contribution in [0.2, 0.25) is 0 Å². The van der Waals surface area contributed by atoms with E-state index in [1.54, 1.807) is 23.2 Å². The Kier molecular flexibility index (Phi) is 9.65. The third-order valence-electron chi connectivity index (χ3n) is 7.45. The van der Waals surface area contributed by atoms with E-state index in [0.717, 1.165) is 28.9 Å². The van der Waals surface area contributed by atoms with Crippen LogP contribution in [0.1, 0.15) is 59.8 Å². The smallest absolute Gasteiger partial charge is 0.410 e. The second-order valence-electron chi connectivity index (χ2n) is 12.0. The zero-order chi connectivity index (χ0) is 31.4. The summed E-state index contributed by atoms with van der Waals surface area (Å²) in [5.74, 6) is 0.886. The van der Waals surface area contributed by atoms with Gasteiger partial charge in [-0.3, -0.25) is 4.68 Å². The molecule has 0 aliphatic carbocycles. The quantitative estimate of drug-likeness (QED) is 0.236. The zero-order valence-corrected chi connectivity index (χ0v) is 26.6. The molecule has 1 aliphatic rings. The Morgan fingerprint density at radius 3 is 2.40 bits per heavy atom. The highest BCUT2D eigenvalue weighted by molar-refractivity contribution is 7.89. The maximum absolute atomic E-state index is 12.8. The highest BCUT2D eigenvalue weighted by Gasteiger charge is 2.41. The Morgan fingerprint density at radius 1 is 1.14 bits per heavy atom. The lowest BCUT2D eigenvalue weighted by Crippen LogP contribution is -2.49. The fraction of sp³-hybridized carbons (Fsp3) is 0.533. The molecule has 1 N–H and O–H groups in total. The minimum atomic E-state index is -3.58. The number of nitrogens with zero attached hydrogens (tertiary/aromatic N) is 5. The molecule has 234 valence electrons. The third-order valence-corrected chi connectivity index (χ3v) is 9.28. The van der Waals surface area contributed by atoms with E-state index in [4.69, 9.17) is 14.6 Å². The van der Waals surface area contributed by atoms with Gasteiger partial charge in [-0.2, -0.15) is 5.10 Å². The Labute approximate surface area is 253 Å². The van der Waals surface area contributed by atoms with E-state index < -0.39 is 21.2 Å². The predicted octanol–water partition coefficient (Wildman–Crippen LogP) is 4.92. The summed E-state index contributed by atoms with van der Waals surface area (Å²) in [6.45, 7) is 8.86. The van der Waals surface area contributed by atoms with Crippen LogP contribution in [0.4, 0.5) is 16.3 Å². The van der Waals surface area contributed by atoms with Crippen LogP contribution in [-0.4, -0.2) is 84.2 Å². The van der Waals surface area contributed by atoms with Gasteiger partial charge in [0.15, 0.2) is 5.82 Å². The van der Waals surface area contributed by atoms with Crippen molar-refractivity contribution >= 4 is 44.8 Å². The Hall–Kier alpha value is -3.71. The van der Waals surface area contributed by atoms with Gasteiger partial charge < -0.3 is 24.5 Å². The van der Waals surface area contributed by atoms with Crippen molar-refractivity contribution in [2.24, 2.45) is 0 Å². The van der Waals surface area contributed by atoms with Crippen molar-refractivity contribution in [3.63, 3.8) is 0 Å². The van der Waals surface area contributed by atoms with Crippen LogP contribution in [-0.2, 0) is 25.1 Å². The summed E-state index contributed by atoms with van der Waals surface area (Å²) in [7, 11) is -0.607. The maximum Gasteiger partial charge on any atom is 0.410 e. The van der Waals surface area contributed by atoms with Crippen molar-refractivity contribution in [1.82, 2.24) is 24.0 Å². The largest absolute Gasteiger partial charge is 0.477 e. The number of aldehydes is 1. The molecule has 3 heterocycles. The van der Waals surface area contributed by atoms with Crippen LogP contribution in [0, 0.1) is 0 Å². The monoisotopic (exact) mass is 614 g/mol. The van der Waals surface area contributed by atoms with Crippen molar-refractivity contribution in [3.8, 4) is 5.88 Å². The Balaban J connectivity index is 1.74. The van der Waals surface area contributed by atoms with Gasteiger partial charge in [0.25, 0.3) is 0 Å². The first-order chi connectivity index (χ1) is 20.3. The SMILES string of the molecule is CCCCOc1nccc2c1c(Nc1ccc(S(=O)(=O)N(C)C)cc1)nn2C1(CC=O)CCN(C(=O)OC(C)(C)C)CC1. The predicted molar refractivity (Wildman–Crippen MR) is 164 cm³/mol. The summed E-state index contributed by atoms with van der Waals surface area (Å²) >= 11 is 0. The highest BCUT2D eigenvalue weighted by Crippen LogP contribution is 2.40. The van der Waals surface area contributed by atoms with Crippen LogP contribution in [0.15, 0.2) is 41.4 Å². The topological polar surface area (TPSA) is 136 Å². The number of pyridine rings is 1. The molecular formula is C30H42N6O6S. The van der Waals surface area contributed by atoms with E-state index in [1.807, 2.05) is 31.5 Å². The molecular weight excluding hydrogens is 572 g/mol. The van der Waals surface area contributed by atoms with Crippen molar-refractivity contribution in [2.45, 2.75) is 75.8 Å². The number of ether oxygens (including phenoxy) is 2. The van der Waals surface area contributed by atoms with Gasteiger partial charge in [0.2, 0.25) is 15.9 Å². The first-order valence-electron chi connectivity index (χ1n) is 14.5. The number of unbranched alkanes of at least 4 members (excludes halogenated alkanes) is 1. The number of hydrogen-bond acceptors (Lipinski definition) is 9. The number of likely N-dealkylation sites (tertiary alicyclic amines) is 1. The first kappa shape index (κ1) is 32.2. The number of sulfonamides is 1. The molecule has 1 aliphatic heterocycles. The number of fused-ring (bicyclic) bond motifs is 1. The first-order valence-corrected chi connectivity index (χ1v) is 16.0. The van der Waals surface area contributed by atoms with Gasteiger partial charge in [0.1, 0.15) is 17.3 Å². The normalized spacial score (nSPS) is 15.5. The van der Waals surface area contributed by atoms with Crippen LogP contribution in [0.25, 0.3) is 10.9 Å². The van der Waals surface area contributed by atoms with Gasteiger partial charge in [-0.15, -0.1) is 0 Å². The number of rotatable bonds is 11. The van der Waals surface area contributed by atoms with Crippen molar-refractivity contribution < 1.29 is 27.5 Å². The number of amides is 1. The molecule has 12 nitrogen and oxygen atoms in total. The van der Waals surface area contributed by atoms with Gasteiger partial charge in [0.05, 0.1) is 22.6 Å². The molecule has 0 saturated carbocycles. The van der Waals surface area contributed by atoms with Crippen LogP contribution >= 0.6 is 0 Å². The van der Waals surface area contributed by atoms with Crippen molar-refractivity contribution in [3.05, 3.63) is 36.5 Å². The lowest BCUT2D eigenvalue weighted by molar-refractivity contribution is -0.110. The van der Waals surface area contributed by atoms with Gasteiger partial charge in [0, 0.05) is 45.5 Å².